The van der Waals surface area contributed by atoms with Crippen LogP contribution in [-0.2, 0) is 27.3 Å². The van der Waals surface area contributed by atoms with Gasteiger partial charge in [-0.1, -0.05) is 0 Å². The van der Waals surface area contributed by atoms with Crippen LogP contribution in [0, 0.1) is 26.7 Å². The van der Waals surface area contributed by atoms with Gasteiger partial charge in [-0.3, -0.25) is 19.0 Å². The number of nitrogens with zero attached hydrogens (tertiary/aromatic N) is 6. The van der Waals surface area contributed by atoms with Gasteiger partial charge in [-0.25, -0.2) is 13.5 Å². The van der Waals surface area contributed by atoms with Crippen LogP contribution < -0.4 is 11.5 Å². The second kappa shape index (κ2) is 11.1. The summed E-state index contributed by atoms with van der Waals surface area (Å²) in [6, 6.07) is 0. The number of hydrogen-bond donors (Lipinski definition) is 2. The first kappa shape index (κ1) is 29.2. The molecule has 194 valence electrons. The van der Waals surface area contributed by atoms with E-state index in [2.05, 4.69) is 15.3 Å². The summed E-state index contributed by atoms with van der Waals surface area (Å²) < 4.78 is 77.2. The van der Waals surface area contributed by atoms with Crippen LogP contribution in [0.25, 0.3) is 0 Å². The summed E-state index contributed by atoms with van der Waals surface area (Å²) in [5.41, 5.74) is 8.58. The molecule has 0 unspecified atom stereocenters. The van der Waals surface area contributed by atoms with Crippen molar-refractivity contribution in [2.24, 2.45) is 32.6 Å². The SMILES string of the molecule is Cc1c(C(N)=O)c(C(F)(F)F)nn1C.Cc1nn(C)c(F)c1C.Cn1cc(C(N)=O)c(C(F)F)n1. The number of primary amides is 2. The summed E-state index contributed by atoms with van der Waals surface area (Å²) >= 11 is 0. The standard InChI is InChI=1S/C7H8F3N3O.C6H7F2N3O.C6H9FN2/c1-3-4(6(11)14)5(7(8,9)10)12-13(3)2;1-11-2-3(6(9)12)4(10-11)5(7)8;1-4-5(2)8-9(3)6(4)7/h1-2H3,(H2,11,14);2,5H,1H3,(H2,9,12);1-3H3. The van der Waals surface area contributed by atoms with Crippen LogP contribution in [0.2, 0.25) is 0 Å². The highest BCUT2D eigenvalue weighted by Crippen LogP contribution is 2.31. The molecule has 0 radical (unpaired) electrons. The molecule has 0 bridgehead atoms. The lowest BCUT2D eigenvalue weighted by Crippen LogP contribution is -2.18. The molecule has 0 fully saturated rings. The number of nitrogens with two attached hydrogens (primary N) is 2. The van der Waals surface area contributed by atoms with Crippen LogP contribution in [0.5, 0.6) is 0 Å². The van der Waals surface area contributed by atoms with Crippen LogP contribution in [0.4, 0.5) is 26.3 Å². The van der Waals surface area contributed by atoms with Crippen molar-refractivity contribution in [3.05, 3.63) is 51.6 Å². The molecule has 0 atom stereocenters. The van der Waals surface area contributed by atoms with Crippen LogP contribution in [0.15, 0.2) is 6.20 Å². The zero-order valence-electron chi connectivity index (χ0n) is 19.6. The van der Waals surface area contributed by atoms with E-state index in [1.54, 1.807) is 20.9 Å². The van der Waals surface area contributed by atoms with Crippen molar-refractivity contribution in [1.29, 1.82) is 0 Å². The number of carbonyl (C=O) groups is 2. The summed E-state index contributed by atoms with van der Waals surface area (Å²) in [6.45, 7) is 4.86. The third kappa shape index (κ3) is 7.07. The molecule has 0 aliphatic carbocycles. The molecule has 2 amide bonds. The van der Waals surface area contributed by atoms with E-state index in [0.29, 0.717) is 5.56 Å². The maximum atomic E-state index is 12.7. The fourth-order valence-corrected chi connectivity index (χ4v) is 2.69. The fourth-order valence-electron chi connectivity index (χ4n) is 2.69. The molecule has 3 rings (SSSR count). The molecule has 0 aliphatic heterocycles. The Morgan fingerprint density at radius 3 is 1.74 bits per heavy atom. The zero-order chi connectivity index (χ0) is 27.4. The molecule has 4 N–H and O–H groups in total. The number of aromatic nitrogens is 6. The van der Waals surface area contributed by atoms with Gasteiger partial charge in [0, 0.05) is 38.6 Å². The van der Waals surface area contributed by atoms with Gasteiger partial charge >= 0.3 is 6.18 Å². The maximum Gasteiger partial charge on any atom is 0.435 e. The van der Waals surface area contributed by atoms with Crippen molar-refractivity contribution in [1.82, 2.24) is 29.3 Å². The van der Waals surface area contributed by atoms with Crippen molar-refractivity contribution in [3.8, 4) is 0 Å². The minimum absolute atomic E-state index is 0.102. The number of rotatable bonds is 3. The Morgan fingerprint density at radius 2 is 1.49 bits per heavy atom. The fraction of sp³-hybridized carbons (Fsp3) is 0.421. The Morgan fingerprint density at radius 1 is 0.943 bits per heavy atom. The smallest absolute Gasteiger partial charge is 0.365 e. The van der Waals surface area contributed by atoms with Gasteiger partial charge in [-0.15, -0.1) is 0 Å². The van der Waals surface area contributed by atoms with Crippen LogP contribution >= 0.6 is 0 Å². The van der Waals surface area contributed by atoms with E-state index in [1.807, 2.05) is 0 Å². The minimum Gasteiger partial charge on any atom is -0.365 e. The van der Waals surface area contributed by atoms with Gasteiger partial charge in [0.2, 0.25) is 5.95 Å². The maximum absolute atomic E-state index is 12.7. The van der Waals surface area contributed by atoms with E-state index >= 15 is 0 Å². The lowest BCUT2D eigenvalue weighted by molar-refractivity contribution is -0.141. The summed E-state index contributed by atoms with van der Waals surface area (Å²) in [5.74, 6) is -2.26. The molecular weight excluding hydrogens is 486 g/mol. The molecular formula is C19H24F6N8O2. The zero-order valence-corrected chi connectivity index (χ0v) is 19.6. The number of halogens is 6. The number of amides is 2. The van der Waals surface area contributed by atoms with Crippen LogP contribution in [0.3, 0.4) is 0 Å². The average molecular weight is 510 g/mol. The first-order valence-electron chi connectivity index (χ1n) is 9.57. The highest BCUT2D eigenvalue weighted by atomic mass is 19.4. The third-order valence-corrected chi connectivity index (χ3v) is 4.61. The topological polar surface area (TPSA) is 140 Å². The minimum atomic E-state index is -4.66. The number of alkyl halides is 5. The van der Waals surface area contributed by atoms with E-state index in [4.69, 9.17) is 11.5 Å². The molecule has 16 heteroatoms. The van der Waals surface area contributed by atoms with Crippen molar-refractivity contribution >= 4 is 11.8 Å². The van der Waals surface area contributed by atoms with Crippen molar-refractivity contribution in [2.75, 3.05) is 0 Å². The Labute approximate surface area is 195 Å². The highest BCUT2D eigenvalue weighted by Gasteiger charge is 2.39. The van der Waals surface area contributed by atoms with Crippen molar-refractivity contribution in [3.63, 3.8) is 0 Å². The molecule has 3 aromatic rings. The molecule has 35 heavy (non-hydrogen) atoms. The molecule has 3 heterocycles. The summed E-state index contributed by atoms with van der Waals surface area (Å²) in [4.78, 5) is 21.3. The molecule has 0 spiro atoms. The molecule has 3 aromatic heterocycles. The van der Waals surface area contributed by atoms with E-state index < -0.39 is 41.4 Å². The lowest BCUT2D eigenvalue weighted by atomic mass is 10.2. The van der Waals surface area contributed by atoms with Gasteiger partial charge in [0.05, 0.1) is 16.8 Å². The second-order valence-corrected chi connectivity index (χ2v) is 7.19. The van der Waals surface area contributed by atoms with Gasteiger partial charge in [-0.05, 0) is 20.8 Å². The Kier molecular flexibility index (Phi) is 9.21. The lowest BCUT2D eigenvalue weighted by Gasteiger charge is -2.03. The predicted molar refractivity (Wildman–Crippen MR) is 111 cm³/mol. The number of hydrogen-bond acceptors (Lipinski definition) is 5. The largest absolute Gasteiger partial charge is 0.435 e. The number of carbonyl (C=O) groups excluding carboxylic acids is 2. The Bertz CT molecular complexity index is 1190. The first-order valence-corrected chi connectivity index (χ1v) is 9.57. The summed E-state index contributed by atoms with van der Waals surface area (Å²) in [5, 5.41) is 10.4. The van der Waals surface area contributed by atoms with Gasteiger partial charge in [0.15, 0.2) is 5.69 Å². The second-order valence-electron chi connectivity index (χ2n) is 7.19. The van der Waals surface area contributed by atoms with Crippen molar-refractivity contribution < 1.29 is 35.9 Å². The molecule has 0 saturated heterocycles. The third-order valence-electron chi connectivity index (χ3n) is 4.61. The van der Waals surface area contributed by atoms with Gasteiger partial charge in [-0.2, -0.15) is 32.9 Å². The van der Waals surface area contributed by atoms with E-state index in [-0.39, 0.29) is 17.2 Å². The normalized spacial score (nSPS) is 11.0. The summed E-state index contributed by atoms with van der Waals surface area (Å²) in [6.07, 6.45) is -6.26. The quantitative estimate of drug-likeness (QED) is 0.521. The molecule has 0 saturated carbocycles. The highest BCUT2D eigenvalue weighted by molar-refractivity contribution is 5.95. The van der Waals surface area contributed by atoms with Crippen LogP contribution in [-0.4, -0.2) is 41.2 Å². The Balaban J connectivity index is 0.000000269. The molecule has 0 aliphatic rings. The van der Waals surface area contributed by atoms with E-state index in [9.17, 15) is 35.9 Å². The van der Waals surface area contributed by atoms with Gasteiger partial charge in [0.25, 0.3) is 18.2 Å². The summed E-state index contributed by atoms with van der Waals surface area (Å²) in [7, 11) is 4.35. The van der Waals surface area contributed by atoms with Crippen LogP contribution in [0.1, 0.15) is 55.5 Å². The molecule has 0 aromatic carbocycles. The first-order chi connectivity index (χ1) is 15.9. The van der Waals surface area contributed by atoms with Gasteiger partial charge in [0.1, 0.15) is 5.69 Å². The monoisotopic (exact) mass is 510 g/mol. The average Bonchev–Trinajstić information content (AvgIpc) is 3.34. The van der Waals surface area contributed by atoms with Crippen molar-refractivity contribution in [2.45, 2.75) is 33.4 Å². The Hall–Kier alpha value is -3.85. The van der Waals surface area contributed by atoms with Gasteiger partial charge < -0.3 is 11.5 Å². The molecule has 10 nitrogen and oxygen atoms in total. The van der Waals surface area contributed by atoms with E-state index in [1.165, 1.54) is 31.9 Å². The number of aryl methyl sites for hydroxylation is 4. The predicted octanol–water partition coefficient (Wildman–Crippen LogP) is 2.48. The van der Waals surface area contributed by atoms with E-state index in [0.717, 1.165) is 15.1 Å².